The van der Waals surface area contributed by atoms with Crippen LogP contribution in [0.1, 0.15) is 25.7 Å². The third-order valence-electron chi connectivity index (χ3n) is 4.29. The molecule has 1 saturated carbocycles. The molecule has 5 nitrogen and oxygen atoms in total. The first-order chi connectivity index (χ1) is 10.3. The molecule has 0 aromatic heterocycles. The lowest BCUT2D eigenvalue weighted by atomic mass is 9.82. The summed E-state index contributed by atoms with van der Waals surface area (Å²) in [6, 6.07) is 5.48. The Kier molecular flexibility index (Phi) is 4.29. The van der Waals surface area contributed by atoms with Gasteiger partial charge in [-0.15, -0.1) is 0 Å². The number of carbonyl (C=O) groups is 1. The second kappa shape index (κ2) is 6.35. The van der Waals surface area contributed by atoms with Crippen molar-refractivity contribution in [3.63, 3.8) is 0 Å². The number of aliphatic hydroxyl groups is 1. The Hall–Kier alpha value is -1.75. The smallest absolute Gasteiger partial charge is 0.227 e. The van der Waals surface area contributed by atoms with Crippen molar-refractivity contribution in [2.45, 2.75) is 25.7 Å². The highest BCUT2D eigenvalue weighted by Gasteiger charge is 2.26. The summed E-state index contributed by atoms with van der Waals surface area (Å²) in [5, 5.41) is 12.1. The van der Waals surface area contributed by atoms with Gasteiger partial charge in [-0.1, -0.05) is 0 Å². The lowest BCUT2D eigenvalue weighted by Gasteiger charge is -2.26. The van der Waals surface area contributed by atoms with Gasteiger partial charge in [0.2, 0.25) is 5.91 Å². The fourth-order valence-electron chi connectivity index (χ4n) is 2.97. The van der Waals surface area contributed by atoms with Gasteiger partial charge in [-0.25, -0.2) is 0 Å². The minimum Gasteiger partial charge on any atom is -0.486 e. The van der Waals surface area contributed by atoms with Crippen molar-refractivity contribution < 1.29 is 19.4 Å². The van der Waals surface area contributed by atoms with Crippen LogP contribution in [0.3, 0.4) is 0 Å². The Morgan fingerprint density at radius 2 is 1.86 bits per heavy atom. The maximum atomic E-state index is 12.3. The summed E-state index contributed by atoms with van der Waals surface area (Å²) in [4.78, 5) is 12.3. The van der Waals surface area contributed by atoms with Crippen LogP contribution in [0.25, 0.3) is 0 Å². The monoisotopic (exact) mass is 291 g/mol. The van der Waals surface area contributed by atoms with E-state index in [1.807, 2.05) is 18.2 Å². The number of benzene rings is 1. The summed E-state index contributed by atoms with van der Waals surface area (Å²) in [6.45, 7) is 1.33. The Bertz CT molecular complexity index is 509. The molecule has 0 spiro atoms. The predicted molar refractivity (Wildman–Crippen MR) is 78.6 cm³/mol. The summed E-state index contributed by atoms with van der Waals surface area (Å²) in [5.41, 5.74) is 0.744. The van der Waals surface area contributed by atoms with E-state index in [1.54, 1.807) is 0 Å². The van der Waals surface area contributed by atoms with E-state index in [1.165, 1.54) is 0 Å². The zero-order chi connectivity index (χ0) is 14.7. The van der Waals surface area contributed by atoms with Crippen molar-refractivity contribution in [3.05, 3.63) is 18.2 Å². The van der Waals surface area contributed by atoms with E-state index in [4.69, 9.17) is 14.6 Å². The fraction of sp³-hybridized carbons (Fsp3) is 0.562. The van der Waals surface area contributed by atoms with Crippen LogP contribution in [0.15, 0.2) is 18.2 Å². The maximum absolute atomic E-state index is 12.3. The van der Waals surface area contributed by atoms with Gasteiger partial charge in [0, 0.05) is 24.3 Å². The number of ether oxygens (including phenoxy) is 2. The molecule has 1 aliphatic carbocycles. The predicted octanol–water partition coefficient (Wildman–Crippen LogP) is 2.20. The van der Waals surface area contributed by atoms with E-state index in [9.17, 15) is 4.79 Å². The average Bonchev–Trinajstić information content (AvgIpc) is 2.55. The van der Waals surface area contributed by atoms with Crippen LogP contribution < -0.4 is 14.8 Å². The van der Waals surface area contributed by atoms with Gasteiger partial charge in [0.1, 0.15) is 13.2 Å². The molecule has 1 aliphatic heterocycles. The topological polar surface area (TPSA) is 67.8 Å². The first-order valence-corrected chi connectivity index (χ1v) is 7.57. The Balaban J connectivity index is 1.60. The van der Waals surface area contributed by atoms with Gasteiger partial charge in [0.15, 0.2) is 11.5 Å². The molecule has 2 N–H and O–H groups in total. The lowest BCUT2D eigenvalue weighted by molar-refractivity contribution is -0.121. The number of amides is 1. The van der Waals surface area contributed by atoms with Crippen LogP contribution in [-0.2, 0) is 4.79 Å². The summed E-state index contributed by atoms with van der Waals surface area (Å²) in [5.74, 6) is 1.87. The molecule has 114 valence electrons. The fourth-order valence-corrected chi connectivity index (χ4v) is 2.97. The second-order valence-corrected chi connectivity index (χ2v) is 5.75. The maximum Gasteiger partial charge on any atom is 0.227 e. The quantitative estimate of drug-likeness (QED) is 0.896. The zero-order valence-electron chi connectivity index (χ0n) is 12.0. The Morgan fingerprint density at radius 1 is 1.14 bits per heavy atom. The molecule has 5 heteroatoms. The van der Waals surface area contributed by atoms with Gasteiger partial charge in [0.05, 0.1) is 0 Å². The van der Waals surface area contributed by atoms with Crippen molar-refractivity contribution in [2.24, 2.45) is 11.8 Å². The third-order valence-corrected chi connectivity index (χ3v) is 4.29. The normalized spacial score (nSPS) is 24.4. The van der Waals surface area contributed by atoms with Crippen LogP contribution in [0.2, 0.25) is 0 Å². The van der Waals surface area contributed by atoms with Crippen molar-refractivity contribution in [1.29, 1.82) is 0 Å². The van der Waals surface area contributed by atoms with E-state index in [0.29, 0.717) is 24.9 Å². The minimum atomic E-state index is 0.0426. The zero-order valence-corrected chi connectivity index (χ0v) is 12.0. The van der Waals surface area contributed by atoms with Crippen molar-refractivity contribution in [2.75, 3.05) is 25.1 Å². The van der Waals surface area contributed by atoms with Crippen molar-refractivity contribution in [1.82, 2.24) is 0 Å². The van der Waals surface area contributed by atoms with Crippen molar-refractivity contribution in [3.8, 4) is 11.5 Å². The van der Waals surface area contributed by atoms with Gasteiger partial charge in [-0.2, -0.15) is 0 Å². The molecule has 0 atom stereocenters. The first-order valence-electron chi connectivity index (χ1n) is 7.57. The third kappa shape index (κ3) is 3.29. The molecule has 0 unspecified atom stereocenters. The van der Waals surface area contributed by atoms with Gasteiger partial charge < -0.3 is 19.9 Å². The van der Waals surface area contributed by atoms with Crippen LogP contribution in [0.4, 0.5) is 5.69 Å². The van der Waals surface area contributed by atoms with E-state index in [0.717, 1.165) is 37.1 Å². The molecule has 1 aromatic carbocycles. The molecular weight excluding hydrogens is 270 g/mol. The van der Waals surface area contributed by atoms with E-state index in [2.05, 4.69) is 5.32 Å². The first kappa shape index (κ1) is 14.2. The lowest BCUT2D eigenvalue weighted by Crippen LogP contribution is -2.28. The highest BCUT2D eigenvalue weighted by atomic mass is 16.6. The van der Waals surface area contributed by atoms with Gasteiger partial charge in [-0.3, -0.25) is 4.79 Å². The SMILES string of the molecule is O=C(Nc1ccc2c(c1)OCCO2)[C@H]1CC[C@H](CO)CC1. The molecular formula is C16H21NO4. The van der Waals surface area contributed by atoms with Crippen LogP contribution in [0.5, 0.6) is 11.5 Å². The van der Waals surface area contributed by atoms with Crippen molar-refractivity contribution >= 4 is 11.6 Å². The highest BCUT2D eigenvalue weighted by Crippen LogP contribution is 2.34. The number of nitrogens with one attached hydrogen (secondary N) is 1. The van der Waals surface area contributed by atoms with Gasteiger partial charge in [-0.05, 0) is 43.7 Å². The summed E-state index contributed by atoms with van der Waals surface area (Å²) >= 11 is 0. The molecule has 0 radical (unpaired) electrons. The number of anilines is 1. The summed E-state index contributed by atoms with van der Waals surface area (Å²) in [7, 11) is 0. The van der Waals surface area contributed by atoms with E-state index < -0.39 is 0 Å². The van der Waals surface area contributed by atoms with Crippen LogP contribution in [0, 0.1) is 11.8 Å². The Labute approximate surface area is 124 Å². The standard InChI is InChI=1S/C16H21NO4/c18-10-11-1-3-12(4-2-11)16(19)17-13-5-6-14-15(9-13)21-8-7-20-14/h5-6,9,11-12,18H,1-4,7-8,10H2,(H,17,19)/t11-,12-. The number of carbonyl (C=O) groups excluding carboxylic acids is 1. The second-order valence-electron chi connectivity index (χ2n) is 5.75. The largest absolute Gasteiger partial charge is 0.486 e. The minimum absolute atomic E-state index is 0.0426. The molecule has 1 amide bonds. The van der Waals surface area contributed by atoms with Crippen LogP contribution in [-0.4, -0.2) is 30.8 Å². The van der Waals surface area contributed by atoms with E-state index in [-0.39, 0.29) is 18.4 Å². The van der Waals surface area contributed by atoms with Gasteiger partial charge >= 0.3 is 0 Å². The van der Waals surface area contributed by atoms with Crippen LogP contribution >= 0.6 is 0 Å². The molecule has 1 heterocycles. The average molecular weight is 291 g/mol. The molecule has 2 aliphatic rings. The molecule has 0 saturated heterocycles. The summed E-state index contributed by atoms with van der Waals surface area (Å²) in [6.07, 6.45) is 3.55. The molecule has 3 rings (SSSR count). The molecule has 21 heavy (non-hydrogen) atoms. The highest BCUT2D eigenvalue weighted by molar-refractivity contribution is 5.92. The van der Waals surface area contributed by atoms with E-state index >= 15 is 0 Å². The van der Waals surface area contributed by atoms with Gasteiger partial charge in [0.25, 0.3) is 0 Å². The summed E-state index contributed by atoms with van der Waals surface area (Å²) < 4.78 is 11.0. The molecule has 0 bridgehead atoms. The number of hydrogen-bond donors (Lipinski definition) is 2. The molecule has 1 fully saturated rings. The number of rotatable bonds is 3. The number of aliphatic hydroxyl groups excluding tert-OH is 1. The Morgan fingerprint density at radius 3 is 2.57 bits per heavy atom. The molecule has 1 aromatic rings. The number of hydrogen-bond acceptors (Lipinski definition) is 4. The number of fused-ring (bicyclic) bond motifs is 1.